The Morgan fingerprint density at radius 2 is 2.00 bits per heavy atom. The average molecular weight is 308 g/mol. The maximum atomic E-state index is 9.37. The van der Waals surface area contributed by atoms with Crippen LogP contribution >= 0.6 is 0 Å². The van der Waals surface area contributed by atoms with Crippen molar-refractivity contribution in [2.45, 2.75) is 32.7 Å². The third-order valence-electron chi connectivity index (χ3n) is 4.38. The van der Waals surface area contributed by atoms with E-state index in [-0.39, 0.29) is 0 Å². The largest absolute Gasteiger partial charge is 0.365 e. The monoisotopic (exact) mass is 308 g/mol. The van der Waals surface area contributed by atoms with Crippen molar-refractivity contribution in [1.29, 1.82) is 5.26 Å². The van der Waals surface area contributed by atoms with E-state index in [0.29, 0.717) is 17.4 Å². The molecule has 3 rings (SSSR count). The highest BCUT2D eigenvalue weighted by Gasteiger charge is 2.22. The van der Waals surface area contributed by atoms with Crippen LogP contribution in [0.3, 0.4) is 0 Å². The van der Waals surface area contributed by atoms with Crippen LogP contribution in [0, 0.1) is 25.2 Å². The predicted octanol–water partition coefficient (Wildman–Crippen LogP) is 2.44. The first-order chi connectivity index (χ1) is 11.2. The van der Waals surface area contributed by atoms with E-state index >= 15 is 0 Å². The van der Waals surface area contributed by atoms with Gasteiger partial charge in [-0.05, 0) is 44.4 Å². The molecule has 2 aromatic heterocycles. The fourth-order valence-corrected chi connectivity index (χ4v) is 2.83. The topological polar surface area (TPSA) is 77.7 Å². The molecule has 0 amide bonds. The molecule has 6 nitrogen and oxygen atoms in total. The first kappa shape index (κ1) is 15.2. The molecule has 118 valence electrons. The summed E-state index contributed by atoms with van der Waals surface area (Å²) in [5.74, 6) is 1.63. The van der Waals surface area contributed by atoms with Crippen molar-refractivity contribution in [3.05, 3.63) is 41.2 Å². The molecule has 0 unspecified atom stereocenters. The second kappa shape index (κ2) is 6.61. The average Bonchev–Trinajstić information content (AvgIpc) is 2.60. The Morgan fingerprint density at radius 3 is 2.65 bits per heavy atom. The zero-order valence-electron chi connectivity index (χ0n) is 13.5. The Bertz CT molecular complexity index is 714. The maximum Gasteiger partial charge on any atom is 0.167 e. The molecule has 0 atom stereocenters. The lowest BCUT2D eigenvalue weighted by Gasteiger charge is -2.33. The van der Waals surface area contributed by atoms with E-state index in [1.54, 1.807) is 0 Å². The van der Waals surface area contributed by atoms with Crippen molar-refractivity contribution < 1.29 is 0 Å². The van der Waals surface area contributed by atoms with Crippen molar-refractivity contribution in [3.63, 3.8) is 0 Å². The van der Waals surface area contributed by atoms with Crippen LogP contribution in [-0.4, -0.2) is 34.3 Å². The van der Waals surface area contributed by atoms with Gasteiger partial charge in [0.1, 0.15) is 17.5 Å². The van der Waals surface area contributed by atoms with Crippen molar-refractivity contribution in [3.8, 4) is 6.07 Å². The summed E-state index contributed by atoms with van der Waals surface area (Å²) >= 11 is 0. The Balaban J connectivity index is 1.66. The van der Waals surface area contributed by atoms with Gasteiger partial charge in [-0.25, -0.2) is 4.98 Å². The van der Waals surface area contributed by atoms with Crippen LogP contribution in [0.15, 0.2) is 24.4 Å². The normalized spacial score (nSPS) is 15.3. The van der Waals surface area contributed by atoms with Crippen molar-refractivity contribution in [2.75, 3.05) is 23.3 Å². The highest BCUT2D eigenvalue weighted by molar-refractivity contribution is 5.56. The molecular weight excluding hydrogens is 288 g/mol. The molecule has 1 N–H and O–H groups in total. The highest BCUT2D eigenvalue weighted by atomic mass is 15.2. The predicted molar refractivity (Wildman–Crippen MR) is 89.3 cm³/mol. The van der Waals surface area contributed by atoms with Gasteiger partial charge in [-0.1, -0.05) is 6.07 Å². The minimum Gasteiger partial charge on any atom is -0.365 e. The van der Waals surface area contributed by atoms with Gasteiger partial charge in [-0.3, -0.25) is 0 Å². The summed E-state index contributed by atoms with van der Waals surface area (Å²) in [5.41, 5.74) is 2.30. The number of nitriles is 1. The van der Waals surface area contributed by atoms with Gasteiger partial charge in [0.2, 0.25) is 0 Å². The summed E-state index contributed by atoms with van der Waals surface area (Å²) in [6.07, 6.45) is 3.79. The van der Waals surface area contributed by atoms with E-state index in [4.69, 9.17) is 0 Å². The smallest absolute Gasteiger partial charge is 0.167 e. The number of hydrogen-bond acceptors (Lipinski definition) is 6. The molecular formula is C17H20N6. The van der Waals surface area contributed by atoms with Crippen LogP contribution in [0.5, 0.6) is 0 Å². The summed E-state index contributed by atoms with van der Waals surface area (Å²) in [6, 6.07) is 8.53. The number of anilines is 2. The summed E-state index contributed by atoms with van der Waals surface area (Å²) in [6.45, 7) is 5.67. The third-order valence-corrected chi connectivity index (χ3v) is 4.38. The second-order valence-corrected chi connectivity index (χ2v) is 5.84. The molecule has 0 radical (unpaired) electrons. The van der Waals surface area contributed by atoms with Crippen LogP contribution in [-0.2, 0) is 0 Å². The molecule has 1 aliphatic heterocycles. The van der Waals surface area contributed by atoms with Gasteiger partial charge in [-0.15, -0.1) is 5.10 Å². The number of aryl methyl sites for hydroxylation is 1. The van der Waals surface area contributed by atoms with Gasteiger partial charge in [0.05, 0.1) is 5.69 Å². The van der Waals surface area contributed by atoms with E-state index in [2.05, 4.69) is 31.5 Å². The molecule has 1 aliphatic rings. The van der Waals surface area contributed by atoms with Gasteiger partial charge in [0.15, 0.2) is 5.82 Å². The van der Waals surface area contributed by atoms with Gasteiger partial charge >= 0.3 is 0 Å². The van der Waals surface area contributed by atoms with Gasteiger partial charge in [0.25, 0.3) is 0 Å². The molecule has 2 aromatic rings. The summed E-state index contributed by atoms with van der Waals surface area (Å²) < 4.78 is 0. The molecule has 23 heavy (non-hydrogen) atoms. The van der Waals surface area contributed by atoms with E-state index in [0.717, 1.165) is 43.0 Å². The molecule has 1 fully saturated rings. The van der Waals surface area contributed by atoms with E-state index in [1.165, 1.54) is 0 Å². The van der Waals surface area contributed by atoms with E-state index in [9.17, 15) is 5.26 Å². The Kier molecular flexibility index (Phi) is 4.38. The van der Waals surface area contributed by atoms with Crippen LogP contribution < -0.4 is 10.2 Å². The minimum absolute atomic E-state index is 0.304. The molecule has 3 heterocycles. The first-order valence-electron chi connectivity index (χ1n) is 7.85. The lowest BCUT2D eigenvalue weighted by molar-refractivity contribution is 0.521. The first-order valence-corrected chi connectivity index (χ1v) is 7.85. The lowest BCUT2D eigenvalue weighted by atomic mass is 10.0. The molecule has 0 spiro atoms. The van der Waals surface area contributed by atoms with Crippen LogP contribution in [0.25, 0.3) is 0 Å². The zero-order chi connectivity index (χ0) is 16.2. The number of piperidine rings is 1. The number of pyridine rings is 1. The standard InChI is InChI=1S/C17H20N6/c1-12-13(2)21-22-17(15(12)11-18)20-14-6-9-23(10-7-14)16-5-3-4-8-19-16/h3-5,8,14H,6-7,9-10H2,1-2H3,(H,20,22). The molecule has 1 saturated heterocycles. The fraction of sp³-hybridized carbons (Fsp3) is 0.412. The Labute approximate surface area is 136 Å². The van der Waals surface area contributed by atoms with E-state index < -0.39 is 0 Å². The lowest BCUT2D eigenvalue weighted by Crippen LogP contribution is -2.39. The SMILES string of the molecule is Cc1nnc(NC2CCN(c3ccccn3)CC2)c(C#N)c1C. The van der Waals surface area contributed by atoms with Crippen molar-refractivity contribution in [2.24, 2.45) is 0 Å². The number of aromatic nitrogens is 3. The Hall–Kier alpha value is -2.68. The highest BCUT2D eigenvalue weighted by Crippen LogP contribution is 2.22. The quantitative estimate of drug-likeness (QED) is 0.938. The van der Waals surface area contributed by atoms with Crippen molar-refractivity contribution in [1.82, 2.24) is 15.2 Å². The van der Waals surface area contributed by atoms with E-state index in [1.807, 2.05) is 38.2 Å². The number of rotatable bonds is 3. The fourth-order valence-electron chi connectivity index (χ4n) is 2.83. The van der Waals surface area contributed by atoms with Crippen LogP contribution in [0.4, 0.5) is 11.6 Å². The summed E-state index contributed by atoms with van der Waals surface area (Å²) in [7, 11) is 0. The number of nitrogens with one attached hydrogen (secondary N) is 1. The van der Waals surface area contributed by atoms with Gasteiger partial charge in [0, 0.05) is 25.3 Å². The molecule has 0 saturated carbocycles. The van der Waals surface area contributed by atoms with Crippen LogP contribution in [0.1, 0.15) is 29.7 Å². The molecule has 0 bridgehead atoms. The molecule has 0 aromatic carbocycles. The molecule has 0 aliphatic carbocycles. The second-order valence-electron chi connectivity index (χ2n) is 5.84. The maximum absolute atomic E-state index is 9.37. The van der Waals surface area contributed by atoms with Crippen LogP contribution in [0.2, 0.25) is 0 Å². The summed E-state index contributed by atoms with van der Waals surface area (Å²) in [4.78, 5) is 6.69. The summed E-state index contributed by atoms with van der Waals surface area (Å²) in [5, 5.41) is 21.1. The van der Waals surface area contributed by atoms with Gasteiger partial charge < -0.3 is 10.2 Å². The zero-order valence-corrected chi connectivity index (χ0v) is 13.5. The van der Waals surface area contributed by atoms with Crippen molar-refractivity contribution >= 4 is 11.6 Å². The number of hydrogen-bond donors (Lipinski definition) is 1. The third kappa shape index (κ3) is 3.24. The van der Waals surface area contributed by atoms with Gasteiger partial charge in [-0.2, -0.15) is 10.4 Å². The number of nitrogens with zero attached hydrogens (tertiary/aromatic N) is 5. The molecule has 6 heteroatoms. The Morgan fingerprint density at radius 1 is 1.22 bits per heavy atom. The minimum atomic E-state index is 0.304.